The van der Waals surface area contributed by atoms with Crippen molar-refractivity contribution in [2.75, 3.05) is 20.2 Å². The number of likely N-dealkylation sites (tertiary alicyclic amines) is 1. The van der Waals surface area contributed by atoms with E-state index < -0.39 is 0 Å². The van der Waals surface area contributed by atoms with E-state index in [1.807, 2.05) is 0 Å². The molecule has 2 aromatic rings. The summed E-state index contributed by atoms with van der Waals surface area (Å²) in [5.41, 5.74) is 1.01. The third-order valence-electron chi connectivity index (χ3n) is 4.04. The van der Waals surface area contributed by atoms with Gasteiger partial charge in [-0.15, -0.1) is 0 Å². The molecule has 0 aliphatic carbocycles. The molecule has 120 valence electrons. The Morgan fingerprint density at radius 3 is 2.91 bits per heavy atom. The fourth-order valence-electron chi connectivity index (χ4n) is 2.85. The Kier molecular flexibility index (Phi) is 4.36. The lowest BCUT2D eigenvalue weighted by Gasteiger charge is -2.32. The Balaban J connectivity index is 1.74. The summed E-state index contributed by atoms with van der Waals surface area (Å²) in [7, 11) is 1.54. The predicted octanol–water partition coefficient (Wildman–Crippen LogP) is 1.19. The number of aromatic amines is 1. The SMILES string of the molecule is COc1ccc(C(=O)N2CCCC(c3ccnc(=O)[nH]3)C2)cn1. The molecule has 1 aliphatic rings. The first kappa shape index (κ1) is 15.2. The average molecular weight is 314 g/mol. The first-order valence-electron chi connectivity index (χ1n) is 7.52. The van der Waals surface area contributed by atoms with Crippen LogP contribution in [0.4, 0.5) is 0 Å². The van der Waals surface area contributed by atoms with E-state index in [-0.39, 0.29) is 17.5 Å². The minimum Gasteiger partial charge on any atom is -0.481 e. The summed E-state index contributed by atoms with van der Waals surface area (Å²) in [6, 6.07) is 5.19. The molecule has 1 unspecified atom stereocenters. The molecule has 2 aromatic heterocycles. The third-order valence-corrected chi connectivity index (χ3v) is 4.04. The van der Waals surface area contributed by atoms with Gasteiger partial charge in [0.05, 0.1) is 12.7 Å². The van der Waals surface area contributed by atoms with E-state index in [0.717, 1.165) is 18.5 Å². The number of pyridine rings is 1. The van der Waals surface area contributed by atoms with Gasteiger partial charge in [0.25, 0.3) is 5.91 Å². The van der Waals surface area contributed by atoms with E-state index in [1.54, 1.807) is 23.1 Å². The lowest BCUT2D eigenvalue weighted by Crippen LogP contribution is -2.39. The van der Waals surface area contributed by atoms with Gasteiger partial charge in [-0.25, -0.2) is 14.8 Å². The van der Waals surface area contributed by atoms with Gasteiger partial charge in [0, 0.05) is 43.2 Å². The molecule has 3 rings (SSSR count). The Labute approximate surface area is 133 Å². The molecule has 1 N–H and O–H groups in total. The van der Waals surface area contributed by atoms with Crippen LogP contribution in [-0.2, 0) is 0 Å². The molecule has 1 saturated heterocycles. The highest BCUT2D eigenvalue weighted by Gasteiger charge is 2.26. The number of carbonyl (C=O) groups excluding carboxylic acids is 1. The number of nitrogens with zero attached hydrogens (tertiary/aromatic N) is 3. The number of aromatic nitrogens is 3. The Morgan fingerprint density at radius 2 is 2.22 bits per heavy atom. The summed E-state index contributed by atoms with van der Waals surface area (Å²) >= 11 is 0. The number of amides is 1. The molecule has 0 spiro atoms. The Hall–Kier alpha value is -2.70. The number of hydrogen-bond donors (Lipinski definition) is 1. The van der Waals surface area contributed by atoms with Gasteiger partial charge in [0.2, 0.25) is 5.88 Å². The van der Waals surface area contributed by atoms with Crippen LogP contribution >= 0.6 is 0 Å². The molecule has 0 bridgehead atoms. The molecular formula is C16H18N4O3. The second-order valence-electron chi connectivity index (χ2n) is 5.51. The average Bonchev–Trinajstić information content (AvgIpc) is 2.61. The molecule has 7 heteroatoms. The number of hydrogen-bond acceptors (Lipinski definition) is 5. The lowest BCUT2D eigenvalue weighted by atomic mass is 9.94. The van der Waals surface area contributed by atoms with Crippen LogP contribution in [0.25, 0.3) is 0 Å². The minimum atomic E-state index is -0.356. The van der Waals surface area contributed by atoms with Crippen molar-refractivity contribution in [1.82, 2.24) is 19.9 Å². The van der Waals surface area contributed by atoms with Gasteiger partial charge < -0.3 is 14.6 Å². The normalized spacial score (nSPS) is 17.8. The van der Waals surface area contributed by atoms with Crippen molar-refractivity contribution in [2.45, 2.75) is 18.8 Å². The number of ether oxygens (including phenoxy) is 1. The Morgan fingerprint density at radius 1 is 1.35 bits per heavy atom. The maximum atomic E-state index is 12.6. The van der Waals surface area contributed by atoms with Crippen LogP contribution < -0.4 is 10.4 Å². The van der Waals surface area contributed by atoms with E-state index in [0.29, 0.717) is 24.5 Å². The number of rotatable bonds is 3. The van der Waals surface area contributed by atoms with E-state index in [4.69, 9.17) is 4.74 Å². The van der Waals surface area contributed by atoms with Crippen LogP contribution in [0.5, 0.6) is 5.88 Å². The number of H-pyrrole nitrogens is 1. The van der Waals surface area contributed by atoms with Crippen LogP contribution in [0.3, 0.4) is 0 Å². The van der Waals surface area contributed by atoms with Gasteiger partial charge in [-0.2, -0.15) is 0 Å². The van der Waals surface area contributed by atoms with Crippen molar-refractivity contribution in [3.63, 3.8) is 0 Å². The van der Waals surface area contributed by atoms with Crippen molar-refractivity contribution < 1.29 is 9.53 Å². The van der Waals surface area contributed by atoms with Gasteiger partial charge in [-0.1, -0.05) is 0 Å². The molecule has 1 amide bonds. The van der Waals surface area contributed by atoms with Crippen molar-refractivity contribution in [3.05, 3.63) is 52.3 Å². The third kappa shape index (κ3) is 3.39. The van der Waals surface area contributed by atoms with Gasteiger partial charge in [-0.3, -0.25) is 4.79 Å². The highest BCUT2D eigenvalue weighted by molar-refractivity contribution is 5.94. The molecule has 1 fully saturated rings. The maximum absolute atomic E-state index is 12.6. The van der Waals surface area contributed by atoms with Crippen molar-refractivity contribution in [3.8, 4) is 5.88 Å². The molecule has 23 heavy (non-hydrogen) atoms. The summed E-state index contributed by atoms with van der Waals surface area (Å²) < 4.78 is 5.00. The molecule has 0 aromatic carbocycles. The lowest BCUT2D eigenvalue weighted by molar-refractivity contribution is 0.0705. The number of piperidine rings is 1. The number of methoxy groups -OCH3 is 1. The molecule has 3 heterocycles. The quantitative estimate of drug-likeness (QED) is 0.919. The highest BCUT2D eigenvalue weighted by atomic mass is 16.5. The first-order chi connectivity index (χ1) is 11.2. The number of nitrogens with one attached hydrogen (secondary N) is 1. The number of carbonyl (C=O) groups is 1. The van der Waals surface area contributed by atoms with Gasteiger partial charge in [0.15, 0.2) is 0 Å². The summed E-state index contributed by atoms with van der Waals surface area (Å²) in [5, 5.41) is 0. The van der Waals surface area contributed by atoms with Crippen LogP contribution in [0, 0.1) is 0 Å². The fourth-order valence-corrected chi connectivity index (χ4v) is 2.85. The first-order valence-corrected chi connectivity index (χ1v) is 7.52. The van der Waals surface area contributed by atoms with E-state index >= 15 is 0 Å². The summed E-state index contributed by atoms with van der Waals surface area (Å²) in [6.07, 6.45) is 4.86. The maximum Gasteiger partial charge on any atom is 0.345 e. The van der Waals surface area contributed by atoms with Crippen LogP contribution in [0.2, 0.25) is 0 Å². The summed E-state index contributed by atoms with van der Waals surface area (Å²) in [4.78, 5) is 36.2. The molecular weight excluding hydrogens is 296 g/mol. The Bertz CT molecular complexity index is 741. The fraction of sp³-hybridized carbons (Fsp3) is 0.375. The zero-order chi connectivity index (χ0) is 16.2. The molecule has 1 aliphatic heterocycles. The van der Waals surface area contributed by atoms with E-state index in [9.17, 15) is 9.59 Å². The summed E-state index contributed by atoms with van der Waals surface area (Å²) in [6.45, 7) is 1.28. The minimum absolute atomic E-state index is 0.0544. The van der Waals surface area contributed by atoms with Gasteiger partial charge in [0.1, 0.15) is 0 Å². The molecule has 1 atom stereocenters. The predicted molar refractivity (Wildman–Crippen MR) is 83.5 cm³/mol. The van der Waals surface area contributed by atoms with Gasteiger partial charge in [-0.05, 0) is 25.0 Å². The molecule has 0 radical (unpaired) electrons. The highest BCUT2D eigenvalue weighted by Crippen LogP contribution is 2.25. The van der Waals surface area contributed by atoms with E-state index in [1.165, 1.54) is 19.5 Å². The zero-order valence-corrected chi connectivity index (χ0v) is 12.9. The van der Waals surface area contributed by atoms with Crippen LogP contribution in [0.15, 0.2) is 35.4 Å². The van der Waals surface area contributed by atoms with Crippen molar-refractivity contribution in [2.24, 2.45) is 0 Å². The molecule has 7 nitrogen and oxygen atoms in total. The van der Waals surface area contributed by atoms with Crippen molar-refractivity contribution >= 4 is 5.91 Å². The van der Waals surface area contributed by atoms with Crippen LogP contribution in [-0.4, -0.2) is 46.0 Å². The van der Waals surface area contributed by atoms with Gasteiger partial charge >= 0.3 is 5.69 Å². The van der Waals surface area contributed by atoms with Crippen molar-refractivity contribution in [1.29, 1.82) is 0 Å². The second-order valence-corrected chi connectivity index (χ2v) is 5.51. The molecule has 0 saturated carbocycles. The second kappa shape index (κ2) is 6.60. The standard InChI is InChI=1S/C16H18N4O3/c1-23-14-5-4-11(9-18-14)15(21)20-8-2-3-12(10-20)13-6-7-17-16(22)19-13/h4-7,9,12H,2-3,8,10H2,1H3,(H,17,19,22). The monoisotopic (exact) mass is 314 g/mol. The topological polar surface area (TPSA) is 88.2 Å². The van der Waals surface area contributed by atoms with Crippen LogP contribution in [0.1, 0.15) is 34.8 Å². The zero-order valence-electron chi connectivity index (χ0n) is 12.9. The largest absolute Gasteiger partial charge is 0.481 e. The van der Waals surface area contributed by atoms with E-state index in [2.05, 4.69) is 15.0 Å². The smallest absolute Gasteiger partial charge is 0.345 e. The summed E-state index contributed by atoms with van der Waals surface area (Å²) in [5.74, 6) is 0.545.